The predicted octanol–water partition coefficient (Wildman–Crippen LogP) is 3.73. The fourth-order valence-corrected chi connectivity index (χ4v) is 4.41. The first kappa shape index (κ1) is 16.4. The van der Waals surface area contributed by atoms with Crippen molar-refractivity contribution in [2.45, 2.75) is 65.5 Å². The first-order valence-electron chi connectivity index (χ1n) is 9.46. The van der Waals surface area contributed by atoms with Crippen LogP contribution < -0.4 is 0 Å². The van der Waals surface area contributed by atoms with Gasteiger partial charge in [-0.3, -0.25) is 9.48 Å². The van der Waals surface area contributed by atoms with Gasteiger partial charge in [0.2, 0.25) is 0 Å². The smallest absolute Gasteiger partial charge is 0.255 e. The van der Waals surface area contributed by atoms with Crippen LogP contribution in [0.1, 0.15) is 70.9 Å². The molecule has 2 aromatic heterocycles. The molecule has 0 radical (unpaired) electrons. The van der Waals surface area contributed by atoms with Crippen molar-refractivity contribution in [2.75, 3.05) is 13.1 Å². The Morgan fingerprint density at radius 2 is 1.80 bits per heavy atom. The van der Waals surface area contributed by atoms with E-state index in [-0.39, 0.29) is 5.91 Å². The Morgan fingerprint density at radius 1 is 1.04 bits per heavy atom. The second-order valence-corrected chi connectivity index (χ2v) is 7.80. The molecule has 3 heterocycles. The van der Waals surface area contributed by atoms with E-state index in [1.54, 1.807) is 0 Å². The van der Waals surface area contributed by atoms with Crippen molar-refractivity contribution in [3.8, 4) is 0 Å². The molecule has 5 nitrogen and oxygen atoms in total. The molecule has 1 unspecified atom stereocenters. The van der Waals surface area contributed by atoms with Crippen molar-refractivity contribution < 1.29 is 4.79 Å². The fourth-order valence-electron chi connectivity index (χ4n) is 4.41. The summed E-state index contributed by atoms with van der Waals surface area (Å²) in [5, 5.41) is 4.64. The van der Waals surface area contributed by atoms with Gasteiger partial charge in [0.05, 0.1) is 17.3 Å². The Bertz CT molecular complexity index is 812. The molecule has 1 aliphatic carbocycles. The summed E-state index contributed by atoms with van der Waals surface area (Å²) in [6.45, 7) is 9.96. The third kappa shape index (κ3) is 2.90. The molecular weight excluding hydrogens is 312 g/mol. The third-order valence-electron chi connectivity index (χ3n) is 5.70. The van der Waals surface area contributed by atoms with Gasteiger partial charge in [-0.05, 0) is 65.5 Å². The number of rotatable bonds is 3. The predicted molar refractivity (Wildman–Crippen MR) is 98.1 cm³/mol. The van der Waals surface area contributed by atoms with E-state index in [1.807, 2.05) is 11.8 Å². The Morgan fingerprint density at radius 3 is 2.44 bits per heavy atom. The van der Waals surface area contributed by atoms with E-state index in [2.05, 4.69) is 47.3 Å². The minimum atomic E-state index is 0.186. The summed E-state index contributed by atoms with van der Waals surface area (Å²) in [6, 6.07) is 5.11. The van der Waals surface area contributed by atoms with E-state index in [0.29, 0.717) is 12.1 Å². The molecule has 1 aliphatic heterocycles. The van der Waals surface area contributed by atoms with Crippen molar-refractivity contribution in [1.29, 1.82) is 0 Å². The average Bonchev–Trinajstić information content (AvgIpc) is 3.29. The van der Waals surface area contributed by atoms with Crippen LogP contribution in [0.2, 0.25) is 0 Å². The van der Waals surface area contributed by atoms with Gasteiger partial charge in [0.25, 0.3) is 5.91 Å². The topological polar surface area (TPSA) is 43.1 Å². The summed E-state index contributed by atoms with van der Waals surface area (Å²) in [5.41, 5.74) is 5.48. The van der Waals surface area contributed by atoms with Crippen LogP contribution in [-0.4, -0.2) is 38.2 Å². The molecule has 1 amide bonds. The van der Waals surface area contributed by atoms with Crippen LogP contribution in [-0.2, 0) is 0 Å². The number of piperidine rings is 1. The second kappa shape index (κ2) is 6.04. The highest BCUT2D eigenvalue weighted by Gasteiger charge is 2.31. The highest BCUT2D eigenvalue weighted by Crippen LogP contribution is 2.38. The molecule has 1 saturated heterocycles. The number of aryl methyl sites for hydroxylation is 3. The lowest BCUT2D eigenvalue weighted by Gasteiger charge is -2.33. The van der Waals surface area contributed by atoms with Gasteiger partial charge in [0.1, 0.15) is 0 Å². The quantitative estimate of drug-likeness (QED) is 0.854. The van der Waals surface area contributed by atoms with Crippen LogP contribution in [0.25, 0.3) is 0 Å². The number of hydrogen-bond acceptors (Lipinski definition) is 2. The van der Waals surface area contributed by atoms with E-state index >= 15 is 0 Å². The number of likely N-dealkylation sites (tertiary alicyclic amines) is 1. The molecule has 0 spiro atoms. The fraction of sp³-hybridized carbons (Fsp3) is 0.600. The van der Waals surface area contributed by atoms with Gasteiger partial charge < -0.3 is 9.47 Å². The number of amides is 1. The van der Waals surface area contributed by atoms with Crippen LogP contribution >= 0.6 is 0 Å². The lowest BCUT2D eigenvalue weighted by Crippen LogP contribution is -2.41. The first-order valence-corrected chi connectivity index (χ1v) is 9.46. The third-order valence-corrected chi connectivity index (χ3v) is 5.70. The zero-order valence-electron chi connectivity index (χ0n) is 15.7. The van der Waals surface area contributed by atoms with Crippen molar-refractivity contribution in [3.63, 3.8) is 0 Å². The van der Waals surface area contributed by atoms with Crippen LogP contribution in [0.15, 0.2) is 12.1 Å². The number of nitrogens with zero attached hydrogens (tertiary/aromatic N) is 4. The summed E-state index contributed by atoms with van der Waals surface area (Å²) < 4.78 is 4.47. The molecular formula is C20H28N4O. The minimum Gasteiger partial charge on any atom is -0.345 e. The Kier molecular flexibility index (Phi) is 3.97. The lowest BCUT2D eigenvalue weighted by molar-refractivity contribution is 0.0670. The van der Waals surface area contributed by atoms with E-state index in [9.17, 15) is 4.79 Å². The first-order chi connectivity index (χ1) is 12.0. The number of hydrogen-bond donors (Lipinski definition) is 0. The standard InChI is InChI=1S/C20H28N4O/c1-13-10-15(3)24(21-13)18-6-5-9-22(12-18)20(25)19-11-14(2)23(16(19)4)17-7-8-17/h10-11,17-18H,5-9,12H2,1-4H3. The summed E-state index contributed by atoms with van der Waals surface area (Å²) in [5.74, 6) is 0.186. The van der Waals surface area contributed by atoms with E-state index in [4.69, 9.17) is 0 Å². The highest BCUT2D eigenvalue weighted by molar-refractivity contribution is 5.95. The van der Waals surface area contributed by atoms with Crippen molar-refractivity contribution >= 4 is 5.91 Å². The summed E-state index contributed by atoms with van der Waals surface area (Å²) in [6.07, 6.45) is 4.62. The number of carbonyl (C=O) groups is 1. The molecule has 2 aliphatic rings. The summed E-state index contributed by atoms with van der Waals surface area (Å²) >= 11 is 0. The molecule has 5 heteroatoms. The normalized spacial score (nSPS) is 21.0. The molecule has 2 aromatic rings. The Balaban J connectivity index is 1.56. The summed E-state index contributed by atoms with van der Waals surface area (Å²) in [7, 11) is 0. The van der Waals surface area contributed by atoms with Crippen molar-refractivity contribution in [2.24, 2.45) is 0 Å². The van der Waals surface area contributed by atoms with E-state index in [0.717, 1.165) is 42.9 Å². The van der Waals surface area contributed by atoms with Crippen LogP contribution in [0.5, 0.6) is 0 Å². The van der Waals surface area contributed by atoms with Crippen molar-refractivity contribution in [3.05, 3.63) is 40.5 Å². The molecule has 4 rings (SSSR count). The zero-order valence-corrected chi connectivity index (χ0v) is 15.7. The van der Waals surface area contributed by atoms with Crippen LogP contribution in [0.4, 0.5) is 0 Å². The largest absolute Gasteiger partial charge is 0.345 e. The lowest BCUT2D eigenvalue weighted by atomic mass is 10.0. The van der Waals surface area contributed by atoms with Crippen molar-refractivity contribution in [1.82, 2.24) is 19.2 Å². The molecule has 0 aromatic carbocycles. The molecule has 1 atom stereocenters. The van der Waals surface area contributed by atoms with E-state index in [1.165, 1.54) is 24.2 Å². The van der Waals surface area contributed by atoms with Gasteiger partial charge in [-0.1, -0.05) is 0 Å². The number of aromatic nitrogens is 3. The van der Waals surface area contributed by atoms with Crippen LogP contribution in [0.3, 0.4) is 0 Å². The average molecular weight is 340 g/mol. The second-order valence-electron chi connectivity index (χ2n) is 7.80. The van der Waals surface area contributed by atoms with Crippen LogP contribution in [0, 0.1) is 27.7 Å². The van der Waals surface area contributed by atoms with Gasteiger partial charge in [-0.15, -0.1) is 0 Å². The maximum absolute atomic E-state index is 13.2. The molecule has 0 bridgehead atoms. The highest BCUT2D eigenvalue weighted by atomic mass is 16.2. The Hall–Kier alpha value is -2.04. The molecule has 0 N–H and O–H groups in total. The van der Waals surface area contributed by atoms with E-state index < -0.39 is 0 Å². The maximum Gasteiger partial charge on any atom is 0.255 e. The van der Waals surface area contributed by atoms with Gasteiger partial charge in [-0.2, -0.15) is 5.10 Å². The SMILES string of the molecule is Cc1cc(C)n(C2CCCN(C(=O)c3cc(C)n(C4CC4)c3C)C2)n1. The Labute approximate surface area is 149 Å². The van der Waals surface area contributed by atoms with Gasteiger partial charge in [0, 0.05) is 36.2 Å². The monoisotopic (exact) mass is 340 g/mol. The zero-order chi connectivity index (χ0) is 17.7. The minimum absolute atomic E-state index is 0.186. The molecule has 25 heavy (non-hydrogen) atoms. The number of carbonyl (C=O) groups excluding carboxylic acids is 1. The summed E-state index contributed by atoms with van der Waals surface area (Å²) in [4.78, 5) is 15.2. The molecule has 2 fully saturated rings. The van der Waals surface area contributed by atoms with Gasteiger partial charge in [-0.25, -0.2) is 0 Å². The van der Waals surface area contributed by atoms with Gasteiger partial charge in [0.15, 0.2) is 0 Å². The molecule has 1 saturated carbocycles. The van der Waals surface area contributed by atoms with Gasteiger partial charge >= 0.3 is 0 Å². The maximum atomic E-state index is 13.2. The molecule has 134 valence electrons.